The number of rotatable bonds is 8. The smallest absolute Gasteiger partial charge is 0.0683 e. The first-order valence-electron chi connectivity index (χ1n) is 8.24. The molecule has 0 heterocycles. The molecule has 130 valence electrons. The average Bonchev–Trinajstić information content (AvgIpc) is 2.52. The van der Waals surface area contributed by atoms with Crippen molar-refractivity contribution in [2.45, 2.75) is 46.6 Å². The van der Waals surface area contributed by atoms with Gasteiger partial charge in [-0.15, -0.1) is 0 Å². The van der Waals surface area contributed by atoms with E-state index < -0.39 is 6.10 Å². The maximum atomic E-state index is 10.4. The van der Waals surface area contributed by atoms with Crippen LogP contribution in [0.3, 0.4) is 0 Å². The predicted octanol–water partition coefficient (Wildman–Crippen LogP) is 6.01. The van der Waals surface area contributed by atoms with Crippen molar-refractivity contribution in [2.24, 2.45) is 5.92 Å². The molecule has 3 heteroatoms. The lowest BCUT2D eigenvalue weighted by molar-refractivity contribution is 0.116. The number of allylic oxidation sites excluding steroid dienone is 3. The Hall–Kier alpha value is -1.58. The van der Waals surface area contributed by atoms with Gasteiger partial charge < -0.3 is 10.5 Å². The van der Waals surface area contributed by atoms with E-state index in [1.165, 1.54) is 10.5 Å². The minimum absolute atomic E-state index is 0.114. The molecule has 0 fully saturated rings. The Kier molecular flexibility index (Phi) is 8.23. The first kappa shape index (κ1) is 20.5. The highest BCUT2D eigenvalue weighted by atomic mass is 32.2. The summed E-state index contributed by atoms with van der Waals surface area (Å²) in [6.45, 7) is 13.6. The Morgan fingerprint density at radius 1 is 1.17 bits per heavy atom. The highest BCUT2D eigenvalue weighted by Gasteiger charge is 2.25. The largest absolute Gasteiger partial charge is 0.392 e. The van der Waals surface area contributed by atoms with Crippen LogP contribution in [0.4, 0.5) is 0 Å². The van der Waals surface area contributed by atoms with Gasteiger partial charge in [-0.25, -0.2) is 0 Å². The van der Waals surface area contributed by atoms with Crippen molar-refractivity contribution in [1.82, 2.24) is 0 Å². The van der Waals surface area contributed by atoms with E-state index in [-0.39, 0.29) is 11.8 Å². The molecule has 0 amide bonds. The molecule has 0 aliphatic carbocycles. The first-order chi connectivity index (χ1) is 11.3. The fraction of sp³-hybridized carbons (Fsp3) is 0.381. The number of hydrogen-bond acceptors (Lipinski definition) is 3. The van der Waals surface area contributed by atoms with E-state index in [4.69, 9.17) is 5.41 Å². The number of aliphatic hydroxyl groups excluding tert-OH is 1. The third-order valence-corrected chi connectivity index (χ3v) is 5.05. The quantitative estimate of drug-likeness (QED) is 0.448. The maximum Gasteiger partial charge on any atom is 0.0683 e. The zero-order chi connectivity index (χ0) is 18.3. The molecule has 0 spiro atoms. The van der Waals surface area contributed by atoms with Crippen molar-refractivity contribution in [2.75, 3.05) is 0 Å². The third kappa shape index (κ3) is 5.50. The second-order valence-electron chi connectivity index (χ2n) is 6.53. The van der Waals surface area contributed by atoms with E-state index in [0.29, 0.717) is 5.71 Å². The zero-order valence-electron chi connectivity index (χ0n) is 15.3. The molecule has 1 unspecified atom stereocenters. The molecule has 2 N–H and O–H groups in total. The topological polar surface area (TPSA) is 44.1 Å². The highest BCUT2D eigenvalue weighted by Crippen LogP contribution is 2.33. The molecule has 2 atom stereocenters. The summed E-state index contributed by atoms with van der Waals surface area (Å²) in [5, 5.41) is 20.5. The van der Waals surface area contributed by atoms with Crippen molar-refractivity contribution in [3.8, 4) is 0 Å². The Labute approximate surface area is 150 Å². The lowest BCUT2D eigenvalue weighted by Gasteiger charge is -2.26. The van der Waals surface area contributed by atoms with Crippen LogP contribution in [0.5, 0.6) is 0 Å². The summed E-state index contributed by atoms with van der Waals surface area (Å²) in [6, 6.07) is 8.22. The summed E-state index contributed by atoms with van der Waals surface area (Å²) in [4.78, 5) is 1.21. The van der Waals surface area contributed by atoms with Gasteiger partial charge in [0.1, 0.15) is 0 Å². The molecule has 0 bridgehead atoms. The molecule has 1 aromatic carbocycles. The first-order valence-corrected chi connectivity index (χ1v) is 9.12. The fourth-order valence-corrected chi connectivity index (χ4v) is 3.40. The molecule has 1 rings (SSSR count). The van der Waals surface area contributed by atoms with Gasteiger partial charge in [0.2, 0.25) is 0 Å². The standard InChI is InChI=1S/C21H29NOS/c1-7-8-13-24-21(15(4)5)18-11-9-17(10-12-18)19(16(6)22)20(23)14(2)3/h7-14,19-20,22-23H,1H2,2-6H3/b13-8-,22-16?/t19?,20-/m1/s1. The van der Waals surface area contributed by atoms with Crippen LogP contribution in [0.1, 0.15) is 51.7 Å². The van der Waals surface area contributed by atoms with Crippen LogP contribution in [-0.4, -0.2) is 16.9 Å². The van der Waals surface area contributed by atoms with Gasteiger partial charge in [0.25, 0.3) is 0 Å². The Bertz CT molecular complexity index is 622. The maximum absolute atomic E-state index is 10.4. The number of aliphatic hydroxyl groups is 1. The SMILES string of the molecule is C=C/C=C\SC(=C(C)C)c1ccc(C(C(C)=N)[C@H](O)C(C)C)cc1. The van der Waals surface area contributed by atoms with Gasteiger partial charge in [-0.2, -0.15) is 0 Å². The van der Waals surface area contributed by atoms with Gasteiger partial charge in [-0.3, -0.25) is 0 Å². The summed E-state index contributed by atoms with van der Waals surface area (Å²) >= 11 is 1.68. The van der Waals surface area contributed by atoms with Crippen LogP contribution >= 0.6 is 11.8 Å². The van der Waals surface area contributed by atoms with Crippen LogP contribution in [-0.2, 0) is 0 Å². The lowest BCUT2D eigenvalue weighted by atomic mass is 9.84. The van der Waals surface area contributed by atoms with Crippen LogP contribution in [0.15, 0.2) is 54.0 Å². The van der Waals surface area contributed by atoms with Gasteiger partial charge in [0.15, 0.2) is 0 Å². The van der Waals surface area contributed by atoms with Gasteiger partial charge >= 0.3 is 0 Å². The number of benzene rings is 1. The lowest BCUT2D eigenvalue weighted by Crippen LogP contribution is -2.28. The molecule has 0 saturated heterocycles. The predicted molar refractivity (Wildman–Crippen MR) is 109 cm³/mol. The molecule has 1 aromatic rings. The summed E-state index contributed by atoms with van der Waals surface area (Å²) < 4.78 is 0. The normalized spacial score (nSPS) is 13.8. The number of thioether (sulfide) groups is 1. The fourth-order valence-electron chi connectivity index (χ4n) is 2.57. The zero-order valence-corrected chi connectivity index (χ0v) is 16.2. The van der Waals surface area contributed by atoms with Crippen LogP contribution in [0, 0.1) is 11.3 Å². The molecule has 0 aliphatic heterocycles. The molecule has 0 saturated carbocycles. The highest BCUT2D eigenvalue weighted by molar-refractivity contribution is 8.10. The van der Waals surface area contributed by atoms with Gasteiger partial charge in [0, 0.05) is 16.5 Å². The van der Waals surface area contributed by atoms with Gasteiger partial charge in [0.05, 0.1) is 6.10 Å². The van der Waals surface area contributed by atoms with E-state index in [1.807, 2.05) is 37.5 Å². The minimum atomic E-state index is -0.541. The summed E-state index contributed by atoms with van der Waals surface area (Å²) in [6.07, 6.45) is 3.15. The molecule has 0 aliphatic rings. The summed E-state index contributed by atoms with van der Waals surface area (Å²) in [7, 11) is 0. The third-order valence-electron chi connectivity index (χ3n) is 3.88. The van der Waals surface area contributed by atoms with E-state index in [0.717, 1.165) is 11.1 Å². The van der Waals surface area contributed by atoms with Crippen LogP contribution in [0.2, 0.25) is 0 Å². The molecular formula is C21H29NOS. The van der Waals surface area contributed by atoms with Crippen molar-refractivity contribution in [3.63, 3.8) is 0 Å². The van der Waals surface area contributed by atoms with E-state index in [9.17, 15) is 5.11 Å². The second-order valence-corrected chi connectivity index (χ2v) is 7.44. The molecule has 2 nitrogen and oxygen atoms in total. The van der Waals surface area contributed by atoms with Crippen molar-refractivity contribution < 1.29 is 5.11 Å². The number of hydrogen-bond donors (Lipinski definition) is 2. The van der Waals surface area contributed by atoms with Gasteiger partial charge in [-0.05, 0) is 43.2 Å². The molecule has 0 radical (unpaired) electrons. The Morgan fingerprint density at radius 3 is 2.17 bits per heavy atom. The average molecular weight is 344 g/mol. The molecule has 0 aromatic heterocycles. The Balaban J connectivity index is 3.13. The summed E-state index contributed by atoms with van der Waals surface area (Å²) in [5.74, 6) is -0.134. The molecule has 24 heavy (non-hydrogen) atoms. The van der Waals surface area contributed by atoms with Crippen LogP contribution in [0.25, 0.3) is 4.91 Å². The van der Waals surface area contributed by atoms with Gasteiger partial charge in [-0.1, -0.05) is 74.2 Å². The van der Waals surface area contributed by atoms with E-state index in [2.05, 4.69) is 32.6 Å². The summed E-state index contributed by atoms with van der Waals surface area (Å²) in [5.41, 5.74) is 3.89. The van der Waals surface area contributed by atoms with E-state index in [1.54, 1.807) is 24.8 Å². The Morgan fingerprint density at radius 2 is 1.75 bits per heavy atom. The second kappa shape index (κ2) is 9.65. The number of nitrogens with one attached hydrogen (secondary N) is 1. The van der Waals surface area contributed by atoms with E-state index >= 15 is 0 Å². The minimum Gasteiger partial charge on any atom is -0.392 e. The van der Waals surface area contributed by atoms with Crippen LogP contribution < -0.4 is 0 Å². The van der Waals surface area contributed by atoms with Crippen molar-refractivity contribution in [3.05, 3.63) is 65.1 Å². The monoisotopic (exact) mass is 343 g/mol. The van der Waals surface area contributed by atoms with Crippen molar-refractivity contribution in [1.29, 1.82) is 5.41 Å². The van der Waals surface area contributed by atoms with Crippen molar-refractivity contribution >= 4 is 22.4 Å². The molecular weight excluding hydrogens is 314 g/mol.